The Hall–Kier alpha value is -1.93. The van der Waals surface area contributed by atoms with Gasteiger partial charge in [-0.15, -0.1) is 0 Å². The molecule has 2 fully saturated rings. The van der Waals surface area contributed by atoms with E-state index in [0.717, 1.165) is 18.4 Å². The third-order valence-corrected chi connectivity index (χ3v) is 6.56. The van der Waals surface area contributed by atoms with Gasteiger partial charge in [-0.3, -0.25) is 4.79 Å². The lowest BCUT2D eigenvalue weighted by Gasteiger charge is -2.15. The van der Waals surface area contributed by atoms with Crippen LogP contribution in [0.4, 0.5) is 0 Å². The Labute approximate surface area is 153 Å². The van der Waals surface area contributed by atoms with Gasteiger partial charge in [0.15, 0.2) is 0 Å². The number of rotatable bonds is 6. The number of aryl methyl sites for hydroxylation is 1. The van der Waals surface area contributed by atoms with Crippen LogP contribution in [0.3, 0.4) is 0 Å². The Morgan fingerprint density at radius 2 is 1.88 bits per heavy atom. The smallest absolute Gasteiger partial charge is 0.347 e. The molecule has 1 aromatic carbocycles. The maximum absolute atomic E-state index is 12.5. The van der Waals surface area contributed by atoms with E-state index >= 15 is 0 Å². The monoisotopic (exact) mass is 381 g/mol. The second-order valence-corrected chi connectivity index (χ2v) is 8.65. The number of ether oxygens (including phenoxy) is 2. The first-order chi connectivity index (χ1) is 12.4. The number of esters is 2. The molecule has 3 rings (SSSR count). The summed E-state index contributed by atoms with van der Waals surface area (Å²) < 4.78 is 36.5. The molecule has 7 nitrogen and oxygen atoms in total. The van der Waals surface area contributed by atoms with Gasteiger partial charge in [-0.1, -0.05) is 12.1 Å². The Bertz CT molecular complexity index is 767. The van der Waals surface area contributed by atoms with Crippen LogP contribution in [-0.4, -0.2) is 50.0 Å². The summed E-state index contributed by atoms with van der Waals surface area (Å²) in [6.07, 6.45) is 1.67. The molecule has 0 amide bonds. The molecule has 142 valence electrons. The van der Waals surface area contributed by atoms with Crippen LogP contribution < -0.4 is 0 Å². The molecule has 2 aliphatic rings. The number of benzene rings is 1. The first-order valence-electron chi connectivity index (χ1n) is 8.85. The summed E-state index contributed by atoms with van der Waals surface area (Å²) in [5, 5.41) is 0. The van der Waals surface area contributed by atoms with E-state index in [1.165, 1.54) is 4.31 Å². The average Bonchev–Trinajstić information content (AvgIpc) is 3.24. The average molecular weight is 381 g/mol. The molecule has 2 unspecified atom stereocenters. The quantitative estimate of drug-likeness (QED) is 0.696. The fourth-order valence-corrected chi connectivity index (χ4v) is 4.70. The molecule has 2 heterocycles. The molecule has 0 radical (unpaired) electrons. The molecule has 0 saturated carbocycles. The normalized spacial score (nSPS) is 23.8. The van der Waals surface area contributed by atoms with Crippen molar-refractivity contribution in [2.45, 2.75) is 56.1 Å². The molecule has 0 aromatic heterocycles. The minimum absolute atomic E-state index is 0.121. The van der Waals surface area contributed by atoms with Crippen LogP contribution in [0.5, 0.6) is 0 Å². The number of carbonyl (C=O) groups is 2. The fraction of sp³-hybridized carbons (Fsp3) is 0.556. The maximum atomic E-state index is 12.5. The van der Waals surface area contributed by atoms with E-state index in [4.69, 9.17) is 9.47 Å². The second kappa shape index (κ2) is 7.75. The first kappa shape index (κ1) is 18.8. The Kier molecular flexibility index (Phi) is 5.62. The Morgan fingerprint density at radius 3 is 2.46 bits per heavy atom. The largest absolute Gasteiger partial charge is 0.460 e. The maximum Gasteiger partial charge on any atom is 0.347 e. The van der Waals surface area contributed by atoms with E-state index in [1.54, 1.807) is 31.2 Å². The van der Waals surface area contributed by atoms with Crippen LogP contribution in [0.25, 0.3) is 0 Å². The zero-order chi connectivity index (χ0) is 18.7. The zero-order valence-electron chi connectivity index (χ0n) is 14.7. The van der Waals surface area contributed by atoms with E-state index in [9.17, 15) is 18.0 Å². The van der Waals surface area contributed by atoms with E-state index in [2.05, 4.69) is 0 Å². The van der Waals surface area contributed by atoms with E-state index < -0.39 is 28.1 Å². The third-order valence-electron chi connectivity index (χ3n) is 4.64. The number of hydrogen-bond acceptors (Lipinski definition) is 6. The van der Waals surface area contributed by atoms with Gasteiger partial charge >= 0.3 is 11.9 Å². The van der Waals surface area contributed by atoms with Crippen LogP contribution in [0.15, 0.2) is 29.2 Å². The topological polar surface area (TPSA) is 90.0 Å². The van der Waals surface area contributed by atoms with Gasteiger partial charge in [-0.05, 0) is 43.9 Å². The van der Waals surface area contributed by atoms with Gasteiger partial charge in [-0.2, -0.15) is 4.31 Å². The van der Waals surface area contributed by atoms with Crippen molar-refractivity contribution in [1.82, 2.24) is 4.31 Å². The number of carbonyl (C=O) groups excluding carboxylic acids is 2. The van der Waals surface area contributed by atoms with Crippen molar-refractivity contribution in [3.63, 3.8) is 0 Å². The van der Waals surface area contributed by atoms with Gasteiger partial charge in [0.05, 0.1) is 4.90 Å². The van der Waals surface area contributed by atoms with Crippen molar-refractivity contribution < 1.29 is 27.5 Å². The Morgan fingerprint density at radius 1 is 1.23 bits per heavy atom. The lowest BCUT2D eigenvalue weighted by atomic mass is 10.1. The number of hydrogen-bond donors (Lipinski definition) is 0. The Balaban J connectivity index is 1.53. The van der Waals surface area contributed by atoms with Crippen molar-refractivity contribution in [3.8, 4) is 0 Å². The molecule has 8 heteroatoms. The highest BCUT2D eigenvalue weighted by Crippen LogP contribution is 2.22. The molecule has 2 aliphatic heterocycles. The predicted octanol–water partition coefficient (Wildman–Crippen LogP) is 1.65. The highest BCUT2D eigenvalue weighted by atomic mass is 32.2. The summed E-state index contributed by atoms with van der Waals surface area (Å²) in [7, 11) is -3.42. The summed E-state index contributed by atoms with van der Waals surface area (Å²) in [5.41, 5.74) is 0.838. The summed E-state index contributed by atoms with van der Waals surface area (Å²) in [6.45, 7) is 2.89. The SMILES string of the molecule is CC1CC(OC(=O)CCc2ccc(S(=O)(=O)N3CCCC3)cc2)C(=O)O1. The van der Waals surface area contributed by atoms with Gasteiger partial charge in [0.25, 0.3) is 0 Å². The molecule has 0 bridgehead atoms. The highest BCUT2D eigenvalue weighted by molar-refractivity contribution is 7.89. The van der Waals surface area contributed by atoms with Crippen molar-refractivity contribution in [2.75, 3.05) is 13.1 Å². The first-order valence-corrected chi connectivity index (χ1v) is 10.3. The van der Waals surface area contributed by atoms with Gasteiger partial charge in [0.1, 0.15) is 6.10 Å². The predicted molar refractivity (Wildman–Crippen MR) is 92.8 cm³/mol. The molecule has 0 N–H and O–H groups in total. The van der Waals surface area contributed by atoms with Crippen molar-refractivity contribution in [3.05, 3.63) is 29.8 Å². The van der Waals surface area contributed by atoms with Crippen molar-refractivity contribution in [1.29, 1.82) is 0 Å². The molecule has 0 aliphatic carbocycles. The molecule has 2 atom stereocenters. The molecular weight excluding hydrogens is 358 g/mol. The zero-order valence-corrected chi connectivity index (χ0v) is 15.5. The van der Waals surface area contributed by atoms with Crippen LogP contribution in [0.2, 0.25) is 0 Å². The summed E-state index contributed by atoms with van der Waals surface area (Å²) in [4.78, 5) is 23.6. The van der Waals surface area contributed by atoms with Crippen molar-refractivity contribution in [2.24, 2.45) is 0 Å². The van der Waals surface area contributed by atoms with E-state index in [1.807, 2.05) is 0 Å². The second-order valence-electron chi connectivity index (χ2n) is 6.72. The minimum atomic E-state index is -3.42. The van der Waals surface area contributed by atoms with Crippen LogP contribution in [0.1, 0.15) is 38.2 Å². The van der Waals surface area contributed by atoms with Crippen molar-refractivity contribution >= 4 is 22.0 Å². The van der Waals surface area contributed by atoms with Crippen LogP contribution in [0, 0.1) is 0 Å². The standard InChI is InChI=1S/C18H23NO6S/c1-13-12-16(18(21)24-13)25-17(20)9-6-14-4-7-15(8-5-14)26(22,23)19-10-2-3-11-19/h4-5,7-8,13,16H,2-3,6,9-12H2,1H3. The van der Waals surface area contributed by atoms with Gasteiger partial charge in [0, 0.05) is 25.9 Å². The molecule has 0 spiro atoms. The summed E-state index contributed by atoms with van der Waals surface area (Å²) in [5.74, 6) is -0.961. The minimum Gasteiger partial charge on any atom is -0.460 e. The van der Waals surface area contributed by atoms with Gasteiger partial charge < -0.3 is 9.47 Å². The molecule has 26 heavy (non-hydrogen) atoms. The number of nitrogens with zero attached hydrogens (tertiary/aromatic N) is 1. The van der Waals surface area contributed by atoms with Crippen LogP contribution in [-0.2, 0) is 35.5 Å². The number of cyclic esters (lactones) is 1. The highest BCUT2D eigenvalue weighted by Gasteiger charge is 2.34. The van der Waals surface area contributed by atoms with E-state index in [0.29, 0.717) is 25.9 Å². The summed E-state index contributed by atoms with van der Waals surface area (Å²) >= 11 is 0. The molecule has 1 aromatic rings. The lowest BCUT2D eigenvalue weighted by molar-refractivity contribution is -0.160. The summed E-state index contributed by atoms with van der Waals surface area (Å²) in [6, 6.07) is 6.57. The van der Waals surface area contributed by atoms with Gasteiger partial charge in [-0.25, -0.2) is 13.2 Å². The van der Waals surface area contributed by atoms with E-state index in [-0.39, 0.29) is 17.4 Å². The van der Waals surface area contributed by atoms with Crippen LogP contribution >= 0.6 is 0 Å². The fourth-order valence-electron chi connectivity index (χ4n) is 3.19. The lowest BCUT2D eigenvalue weighted by Crippen LogP contribution is -2.27. The third kappa shape index (κ3) is 4.24. The van der Waals surface area contributed by atoms with Gasteiger partial charge in [0.2, 0.25) is 16.1 Å². The molecular formula is C18H23NO6S. The molecule has 2 saturated heterocycles. The number of sulfonamides is 1.